The number of carbonyl (C=O) groups excluding carboxylic acids is 1. The summed E-state index contributed by atoms with van der Waals surface area (Å²) in [6.45, 7) is 3.68. The molecule has 1 aliphatic rings. The minimum Gasteiger partial charge on any atom is -0.459 e. The first kappa shape index (κ1) is 11.2. The summed E-state index contributed by atoms with van der Waals surface area (Å²) < 4.78 is 5.12. The van der Waals surface area contributed by atoms with E-state index in [9.17, 15) is 4.79 Å². The third-order valence-corrected chi connectivity index (χ3v) is 3.01. The number of aryl methyl sites for hydroxylation is 1. The zero-order valence-corrected chi connectivity index (χ0v) is 9.58. The van der Waals surface area contributed by atoms with Crippen molar-refractivity contribution in [1.29, 1.82) is 0 Å². The summed E-state index contributed by atoms with van der Waals surface area (Å²) in [5, 5.41) is 6.28. The van der Waals surface area contributed by atoms with Gasteiger partial charge in [0.05, 0.1) is 6.26 Å². The van der Waals surface area contributed by atoms with Crippen molar-refractivity contribution in [2.45, 2.75) is 32.2 Å². The van der Waals surface area contributed by atoms with Crippen molar-refractivity contribution in [3.05, 3.63) is 23.7 Å². The summed E-state index contributed by atoms with van der Waals surface area (Å²) >= 11 is 0. The maximum Gasteiger partial charge on any atom is 0.287 e. The van der Waals surface area contributed by atoms with E-state index in [1.54, 1.807) is 12.3 Å². The molecule has 2 rings (SSSR count). The summed E-state index contributed by atoms with van der Waals surface area (Å²) in [4.78, 5) is 11.7. The fourth-order valence-corrected chi connectivity index (χ4v) is 2.05. The second-order valence-electron chi connectivity index (χ2n) is 4.27. The molecule has 0 unspecified atom stereocenters. The van der Waals surface area contributed by atoms with Gasteiger partial charge in [-0.05, 0) is 38.8 Å². The molecule has 1 aromatic heterocycles. The Morgan fingerprint density at radius 1 is 1.69 bits per heavy atom. The molecule has 1 amide bonds. The average Bonchev–Trinajstić information content (AvgIpc) is 2.88. The SMILES string of the molecule is Cc1ccoc1C(=O)NCC[C@H]1CCCN1. The minimum atomic E-state index is -0.111. The van der Waals surface area contributed by atoms with Crippen LogP contribution in [0.5, 0.6) is 0 Å². The Morgan fingerprint density at radius 2 is 2.56 bits per heavy atom. The highest BCUT2D eigenvalue weighted by atomic mass is 16.3. The van der Waals surface area contributed by atoms with E-state index >= 15 is 0 Å². The Kier molecular flexibility index (Phi) is 3.62. The van der Waals surface area contributed by atoms with Crippen molar-refractivity contribution >= 4 is 5.91 Å². The number of rotatable bonds is 4. The number of hydrogen-bond donors (Lipinski definition) is 2. The van der Waals surface area contributed by atoms with Gasteiger partial charge in [0, 0.05) is 18.2 Å². The van der Waals surface area contributed by atoms with Gasteiger partial charge in [0.2, 0.25) is 0 Å². The lowest BCUT2D eigenvalue weighted by atomic mass is 10.1. The molecule has 1 aliphatic heterocycles. The maximum atomic E-state index is 11.7. The monoisotopic (exact) mass is 222 g/mol. The summed E-state index contributed by atoms with van der Waals surface area (Å²) in [6.07, 6.45) is 5.00. The van der Waals surface area contributed by atoms with E-state index in [2.05, 4.69) is 10.6 Å². The number of amides is 1. The average molecular weight is 222 g/mol. The molecule has 2 N–H and O–H groups in total. The molecule has 1 fully saturated rings. The van der Waals surface area contributed by atoms with E-state index in [0.29, 0.717) is 18.3 Å². The van der Waals surface area contributed by atoms with Gasteiger partial charge in [0.1, 0.15) is 0 Å². The molecule has 16 heavy (non-hydrogen) atoms. The van der Waals surface area contributed by atoms with Crippen molar-refractivity contribution in [3.63, 3.8) is 0 Å². The molecule has 0 radical (unpaired) electrons. The van der Waals surface area contributed by atoms with Crippen LogP contribution in [0, 0.1) is 6.92 Å². The lowest BCUT2D eigenvalue weighted by Gasteiger charge is -2.10. The normalized spacial score (nSPS) is 19.9. The number of nitrogens with one attached hydrogen (secondary N) is 2. The van der Waals surface area contributed by atoms with Crippen molar-refractivity contribution < 1.29 is 9.21 Å². The molecule has 1 saturated heterocycles. The highest BCUT2D eigenvalue weighted by molar-refractivity contribution is 5.92. The van der Waals surface area contributed by atoms with Crippen LogP contribution in [0.15, 0.2) is 16.7 Å². The van der Waals surface area contributed by atoms with E-state index in [4.69, 9.17) is 4.42 Å². The van der Waals surface area contributed by atoms with Gasteiger partial charge in [-0.3, -0.25) is 4.79 Å². The summed E-state index contributed by atoms with van der Waals surface area (Å²) in [5.74, 6) is 0.319. The topological polar surface area (TPSA) is 54.3 Å². The Labute approximate surface area is 95.4 Å². The van der Waals surface area contributed by atoms with E-state index < -0.39 is 0 Å². The largest absolute Gasteiger partial charge is 0.459 e. The molecule has 0 aromatic carbocycles. The lowest BCUT2D eigenvalue weighted by molar-refractivity contribution is 0.0924. The van der Waals surface area contributed by atoms with Gasteiger partial charge in [0.15, 0.2) is 5.76 Å². The van der Waals surface area contributed by atoms with Gasteiger partial charge in [-0.25, -0.2) is 0 Å². The summed E-state index contributed by atoms with van der Waals surface area (Å²) in [5.41, 5.74) is 0.886. The number of hydrogen-bond acceptors (Lipinski definition) is 3. The quantitative estimate of drug-likeness (QED) is 0.811. The lowest BCUT2D eigenvalue weighted by Crippen LogP contribution is -2.30. The van der Waals surface area contributed by atoms with Crippen LogP contribution in [0.25, 0.3) is 0 Å². The molecule has 4 nitrogen and oxygen atoms in total. The van der Waals surface area contributed by atoms with Gasteiger partial charge < -0.3 is 15.1 Å². The van der Waals surface area contributed by atoms with Crippen LogP contribution in [0.4, 0.5) is 0 Å². The Morgan fingerprint density at radius 3 is 3.19 bits per heavy atom. The third-order valence-electron chi connectivity index (χ3n) is 3.01. The molecule has 0 spiro atoms. The van der Waals surface area contributed by atoms with E-state index in [-0.39, 0.29) is 5.91 Å². The second kappa shape index (κ2) is 5.16. The first-order valence-corrected chi connectivity index (χ1v) is 5.83. The first-order chi connectivity index (χ1) is 7.77. The minimum absolute atomic E-state index is 0.111. The molecule has 1 atom stereocenters. The highest BCUT2D eigenvalue weighted by Crippen LogP contribution is 2.09. The molecule has 0 saturated carbocycles. The van der Waals surface area contributed by atoms with Gasteiger partial charge in [0.25, 0.3) is 5.91 Å². The van der Waals surface area contributed by atoms with E-state index in [0.717, 1.165) is 18.5 Å². The zero-order chi connectivity index (χ0) is 11.4. The van der Waals surface area contributed by atoms with Crippen LogP contribution in [0.1, 0.15) is 35.4 Å². The summed E-state index contributed by atoms with van der Waals surface area (Å²) in [7, 11) is 0. The Bertz CT molecular complexity index is 354. The van der Waals surface area contributed by atoms with Gasteiger partial charge in [-0.2, -0.15) is 0 Å². The van der Waals surface area contributed by atoms with Gasteiger partial charge in [-0.1, -0.05) is 0 Å². The van der Waals surface area contributed by atoms with Gasteiger partial charge >= 0.3 is 0 Å². The van der Waals surface area contributed by atoms with Crippen molar-refractivity contribution in [2.24, 2.45) is 0 Å². The van der Waals surface area contributed by atoms with Crippen LogP contribution in [-0.2, 0) is 0 Å². The first-order valence-electron chi connectivity index (χ1n) is 5.83. The molecular formula is C12H18N2O2. The van der Waals surface area contributed by atoms with Crippen LogP contribution >= 0.6 is 0 Å². The van der Waals surface area contributed by atoms with Crippen LogP contribution < -0.4 is 10.6 Å². The fraction of sp³-hybridized carbons (Fsp3) is 0.583. The van der Waals surface area contributed by atoms with E-state index in [1.165, 1.54) is 12.8 Å². The van der Waals surface area contributed by atoms with Crippen molar-refractivity contribution in [2.75, 3.05) is 13.1 Å². The van der Waals surface area contributed by atoms with Crippen molar-refractivity contribution in [3.8, 4) is 0 Å². The highest BCUT2D eigenvalue weighted by Gasteiger charge is 2.15. The Balaban J connectivity index is 1.73. The van der Waals surface area contributed by atoms with Crippen LogP contribution in [0.2, 0.25) is 0 Å². The smallest absolute Gasteiger partial charge is 0.287 e. The molecule has 0 bridgehead atoms. The van der Waals surface area contributed by atoms with Gasteiger partial charge in [-0.15, -0.1) is 0 Å². The zero-order valence-electron chi connectivity index (χ0n) is 9.58. The molecule has 1 aromatic rings. The molecule has 4 heteroatoms. The molecule has 0 aliphatic carbocycles. The molecular weight excluding hydrogens is 204 g/mol. The predicted molar refractivity (Wildman–Crippen MR) is 61.4 cm³/mol. The summed E-state index contributed by atoms with van der Waals surface area (Å²) in [6, 6.07) is 2.37. The predicted octanol–water partition coefficient (Wildman–Crippen LogP) is 1.46. The maximum absolute atomic E-state index is 11.7. The molecule has 88 valence electrons. The molecule has 2 heterocycles. The number of furan rings is 1. The van der Waals surface area contributed by atoms with Crippen LogP contribution in [-0.4, -0.2) is 25.0 Å². The standard InChI is InChI=1S/C12H18N2O2/c1-9-5-8-16-11(9)12(15)14-7-4-10-3-2-6-13-10/h5,8,10,13H,2-4,6-7H2,1H3,(H,14,15)/t10-/m1/s1. The van der Waals surface area contributed by atoms with E-state index in [1.807, 2.05) is 6.92 Å². The van der Waals surface area contributed by atoms with Crippen molar-refractivity contribution in [1.82, 2.24) is 10.6 Å². The van der Waals surface area contributed by atoms with Crippen LogP contribution in [0.3, 0.4) is 0 Å². The third kappa shape index (κ3) is 2.64. The fourth-order valence-electron chi connectivity index (χ4n) is 2.05. The second-order valence-corrected chi connectivity index (χ2v) is 4.27. The Hall–Kier alpha value is -1.29. The number of carbonyl (C=O) groups is 1.